The number of benzene rings is 1. The van der Waals surface area contributed by atoms with Crippen LogP contribution in [0.4, 0.5) is 0 Å². The average Bonchev–Trinajstić information content (AvgIpc) is 2.54. The van der Waals surface area contributed by atoms with E-state index in [4.69, 9.17) is 4.74 Å². The molecule has 118 valence electrons. The fourth-order valence-electron chi connectivity index (χ4n) is 2.26. The zero-order valence-electron chi connectivity index (χ0n) is 13.0. The van der Waals surface area contributed by atoms with Gasteiger partial charge in [0.1, 0.15) is 5.71 Å². The zero-order valence-corrected chi connectivity index (χ0v) is 13.0. The Morgan fingerprint density at radius 3 is 2.68 bits per heavy atom. The maximum absolute atomic E-state index is 12.7. The van der Waals surface area contributed by atoms with E-state index >= 15 is 0 Å². The van der Waals surface area contributed by atoms with Gasteiger partial charge in [0.15, 0.2) is 0 Å². The maximum Gasteiger partial charge on any atom is 0.270 e. The predicted molar refractivity (Wildman–Crippen MR) is 83.2 cm³/mol. The number of carbonyl (C=O) groups is 2. The monoisotopic (exact) mass is 303 g/mol. The van der Waals surface area contributed by atoms with Gasteiger partial charge in [-0.25, -0.2) is 5.01 Å². The van der Waals surface area contributed by atoms with Gasteiger partial charge in [-0.2, -0.15) is 5.10 Å². The van der Waals surface area contributed by atoms with Crippen LogP contribution in [0.2, 0.25) is 0 Å². The second-order valence-corrected chi connectivity index (χ2v) is 5.17. The lowest BCUT2D eigenvalue weighted by molar-refractivity contribution is -0.130. The van der Waals surface area contributed by atoms with Crippen molar-refractivity contribution in [2.24, 2.45) is 5.10 Å². The molecule has 0 bridgehead atoms. The Labute approximate surface area is 130 Å². The molecule has 0 unspecified atom stereocenters. The first-order valence-corrected chi connectivity index (χ1v) is 7.28. The first-order chi connectivity index (χ1) is 10.6. The van der Waals surface area contributed by atoms with Crippen LogP contribution in [0.3, 0.4) is 0 Å². The fraction of sp³-hybridized carbons (Fsp3) is 0.438. The summed E-state index contributed by atoms with van der Waals surface area (Å²) in [5.74, 6) is -0.205. The summed E-state index contributed by atoms with van der Waals surface area (Å²) in [5.41, 5.74) is 1.47. The number of ether oxygens (including phenoxy) is 1. The summed E-state index contributed by atoms with van der Waals surface area (Å²) in [5, 5.41) is 5.35. The zero-order chi connectivity index (χ0) is 15.9. The number of rotatable bonds is 6. The van der Waals surface area contributed by atoms with Gasteiger partial charge in [-0.3, -0.25) is 9.59 Å². The Kier molecular flexibility index (Phi) is 5.66. The van der Waals surface area contributed by atoms with Crippen LogP contribution < -0.4 is 0 Å². The van der Waals surface area contributed by atoms with Crippen LogP contribution in [0.1, 0.15) is 18.4 Å². The van der Waals surface area contributed by atoms with Crippen molar-refractivity contribution in [1.29, 1.82) is 0 Å². The fourth-order valence-corrected chi connectivity index (χ4v) is 2.26. The van der Waals surface area contributed by atoms with Gasteiger partial charge in [0.2, 0.25) is 5.91 Å². The van der Waals surface area contributed by atoms with Gasteiger partial charge in [0, 0.05) is 40.1 Å². The summed E-state index contributed by atoms with van der Waals surface area (Å²) >= 11 is 0. The number of methoxy groups -OCH3 is 1. The molecule has 22 heavy (non-hydrogen) atoms. The highest BCUT2D eigenvalue weighted by Crippen LogP contribution is 2.12. The van der Waals surface area contributed by atoms with Crippen molar-refractivity contribution < 1.29 is 14.3 Å². The molecule has 6 nitrogen and oxygen atoms in total. The molecular weight excluding hydrogens is 282 g/mol. The third-order valence-corrected chi connectivity index (χ3v) is 3.52. The second-order valence-electron chi connectivity index (χ2n) is 5.17. The number of nitrogens with zero attached hydrogens (tertiary/aromatic N) is 3. The molecule has 2 rings (SSSR count). The lowest BCUT2D eigenvalue weighted by Gasteiger charge is -2.26. The van der Waals surface area contributed by atoms with Crippen molar-refractivity contribution in [3.8, 4) is 0 Å². The summed E-state index contributed by atoms with van der Waals surface area (Å²) in [4.78, 5) is 25.8. The Morgan fingerprint density at radius 2 is 2.05 bits per heavy atom. The molecule has 0 saturated heterocycles. The molecule has 0 N–H and O–H groups in total. The summed E-state index contributed by atoms with van der Waals surface area (Å²) in [6.45, 7) is 1.45. The predicted octanol–water partition coefficient (Wildman–Crippen LogP) is 1.27. The minimum atomic E-state index is -0.139. The van der Waals surface area contributed by atoms with Crippen LogP contribution in [0.15, 0.2) is 35.4 Å². The van der Waals surface area contributed by atoms with Crippen LogP contribution in [0.25, 0.3) is 0 Å². The highest BCUT2D eigenvalue weighted by Gasteiger charge is 2.25. The van der Waals surface area contributed by atoms with Gasteiger partial charge >= 0.3 is 0 Å². The van der Waals surface area contributed by atoms with Crippen molar-refractivity contribution in [3.05, 3.63) is 35.9 Å². The van der Waals surface area contributed by atoms with E-state index in [0.29, 0.717) is 38.2 Å². The smallest absolute Gasteiger partial charge is 0.270 e. The van der Waals surface area contributed by atoms with Crippen molar-refractivity contribution in [2.45, 2.75) is 19.4 Å². The highest BCUT2D eigenvalue weighted by atomic mass is 16.5. The summed E-state index contributed by atoms with van der Waals surface area (Å²) < 4.78 is 5.09. The molecular formula is C16H21N3O3. The molecule has 1 aromatic carbocycles. The van der Waals surface area contributed by atoms with Gasteiger partial charge in [0.25, 0.3) is 5.91 Å². The molecule has 1 heterocycles. The summed E-state index contributed by atoms with van der Waals surface area (Å²) in [6.07, 6.45) is 0.713. The summed E-state index contributed by atoms with van der Waals surface area (Å²) in [6, 6.07) is 9.78. The van der Waals surface area contributed by atoms with Crippen LogP contribution in [-0.4, -0.2) is 54.7 Å². The van der Waals surface area contributed by atoms with E-state index in [0.717, 1.165) is 5.56 Å². The van der Waals surface area contributed by atoms with E-state index in [1.54, 1.807) is 19.1 Å². The van der Waals surface area contributed by atoms with Crippen LogP contribution in [0.5, 0.6) is 0 Å². The van der Waals surface area contributed by atoms with Crippen LogP contribution in [-0.2, 0) is 20.9 Å². The Balaban J connectivity index is 2.12. The van der Waals surface area contributed by atoms with Gasteiger partial charge < -0.3 is 9.64 Å². The molecule has 0 aromatic heterocycles. The number of amides is 2. The molecule has 0 saturated carbocycles. The number of carbonyl (C=O) groups excluding carboxylic acids is 2. The maximum atomic E-state index is 12.7. The van der Waals surface area contributed by atoms with Crippen molar-refractivity contribution in [1.82, 2.24) is 9.91 Å². The largest absolute Gasteiger partial charge is 0.383 e. The van der Waals surface area contributed by atoms with Gasteiger partial charge in [-0.1, -0.05) is 30.3 Å². The molecule has 1 aliphatic heterocycles. The van der Waals surface area contributed by atoms with E-state index in [2.05, 4.69) is 5.10 Å². The van der Waals surface area contributed by atoms with E-state index in [1.807, 2.05) is 30.3 Å². The first-order valence-electron chi connectivity index (χ1n) is 7.28. The van der Waals surface area contributed by atoms with Gasteiger partial charge in [-0.05, 0) is 5.56 Å². The minimum Gasteiger partial charge on any atom is -0.383 e. The number of hydrogen-bond acceptors (Lipinski definition) is 4. The number of hydrogen-bond donors (Lipinski definition) is 0. The van der Waals surface area contributed by atoms with E-state index in [9.17, 15) is 9.59 Å². The molecule has 0 spiro atoms. The third-order valence-electron chi connectivity index (χ3n) is 3.52. The quantitative estimate of drug-likeness (QED) is 0.795. The van der Waals surface area contributed by atoms with Crippen molar-refractivity contribution in [3.63, 3.8) is 0 Å². The lowest BCUT2D eigenvalue weighted by Crippen LogP contribution is -2.41. The molecule has 0 radical (unpaired) electrons. The van der Waals surface area contributed by atoms with E-state index < -0.39 is 0 Å². The van der Waals surface area contributed by atoms with Gasteiger partial charge in [0.05, 0.1) is 6.61 Å². The lowest BCUT2D eigenvalue weighted by atomic mass is 10.1. The normalized spacial score (nSPS) is 14.7. The number of hydrazone groups is 1. The molecule has 1 aliphatic rings. The first kappa shape index (κ1) is 16.2. The molecule has 6 heteroatoms. The molecule has 0 aliphatic carbocycles. The third kappa shape index (κ3) is 4.14. The molecule has 2 amide bonds. The van der Waals surface area contributed by atoms with Gasteiger partial charge in [-0.15, -0.1) is 0 Å². The second kappa shape index (κ2) is 7.70. The van der Waals surface area contributed by atoms with Crippen molar-refractivity contribution >= 4 is 17.5 Å². The Bertz CT molecular complexity index is 557. The van der Waals surface area contributed by atoms with E-state index in [1.165, 1.54) is 5.01 Å². The molecule has 0 fully saturated rings. The van der Waals surface area contributed by atoms with E-state index in [-0.39, 0.29) is 11.8 Å². The van der Waals surface area contributed by atoms with Crippen molar-refractivity contribution in [2.75, 3.05) is 27.3 Å². The minimum absolute atomic E-state index is 0.0666. The topological polar surface area (TPSA) is 62.2 Å². The van der Waals surface area contributed by atoms with Crippen LogP contribution >= 0.6 is 0 Å². The average molecular weight is 303 g/mol. The standard InChI is InChI=1S/C16H21N3O3/c1-18-15(20)9-8-14(17-18)16(21)19(10-11-22-2)12-13-6-4-3-5-7-13/h3-7H,8-12H2,1-2H3. The molecule has 0 atom stereocenters. The highest BCUT2D eigenvalue weighted by molar-refractivity contribution is 6.39. The summed E-state index contributed by atoms with van der Waals surface area (Å²) in [7, 11) is 3.18. The molecule has 1 aromatic rings. The Hall–Kier alpha value is -2.21. The van der Waals surface area contributed by atoms with Crippen LogP contribution in [0, 0.1) is 0 Å². The Morgan fingerprint density at radius 1 is 1.32 bits per heavy atom. The SMILES string of the molecule is COCCN(Cc1ccccc1)C(=O)C1=NN(C)C(=O)CC1.